The third-order valence-electron chi connectivity index (χ3n) is 5.89. The number of halogens is 3. The Bertz CT molecular complexity index is 1240. The number of nitrogens with zero attached hydrogens (tertiary/aromatic N) is 1. The van der Waals surface area contributed by atoms with Gasteiger partial charge in [-0.3, -0.25) is 9.59 Å². The number of amides is 2. The van der Waals surface area contributed by atoms with Gasteiger partial charge in [0.15, 0.2) is 0 Å². The Labute approximate surface area is 195 Å². The summed E-state index contributed by atoms with van der Waals surface area (Å²) in [5.74, 6) is -0.575. The molecule has 1 aromatic heterocycles. The molecule has 0 unspecified atom stereocenters. The molecular formula is C25H25F3N4O2. The van der Waals surface area contributed by atoms with Crippen LogP contribution < -0.4 is 16.0 Å². The van der Waals surface area contributed by atoms with Crippen molar-refractivity contribution in [2.75, 3.05) is 10.6 Å². The third-order valence-corrected chi connectivity index (χ3v) is 5.89. The standard InChI is InChI=1S/C25H25F3N4O2/c1-24(2,32-22(33)15-7-5-8-15)23(34)30-17-10-6-9-16(13-17)29-20-14-21(25(26,27)28)31-19-12-4-3-11-18(19)20/h3-4,6,9-15H,5,7-8H2,1-2H3,(H,29,31)(H,30,34)(H,32,33). The van der Waals surface area contributed by atoms with E-state index in [9.17, 15) is 22.8 Å². The molecule has 9 heteroatoms. The Hall–Kier alpha value is -3.62. The van der Waals surface area contributed by atoms with Crippen LogP contribution in [0, 0.1) is 5.92 Å². The topological polar surface area (TPSA) is 83.1 Å². The Morgan fingerprint density at radius 3 is 2.35 bits per heavy atom. The van der Waals surface area contributed by atoms with Gasteiger partial charge in [-0.1, -0.05) is 30.7 Å². The first-order valence-electron chi connectivity index (χ1n) is 11.0. The molecule has 178 valence electrons. The molecule has 2 aromatic carbocycles. The lowest BCUT2D eigenvalue weighted by Crippen LogP contribution is -2.54. The Balaban J connectivity index is 1.53. The van der Waals surface area contributed by atoms with Gasteiger partial charge in [-0.25, -0.2) is 4.98 Å². The number of aromatic nitrogens is 1. The van der Waals surface area contributed by atoms with E-state index in [0.717, 1.165) is 25.3 Å². The zero-order valence-corrected chi connectivity index (χ0v) is 18.8. The fourth-order valence-corrected chi connectivity index (χ4v) is 3.68. The molecule has 0 bridgehead atoms. The zero-order valence-electron chi connectivity index (χ0n) is 18.8. The first kappa shape index (κ1) is 23.5. The van der Waals surface area contributed by atoms with Crippen LogP contribution in [-0.2, 0) is 15.8 Å². The summed E-state index contributed by atoms with van der Waals surface area (Å²) in [5.41, 5.74) is -0.738. The van der Waals surface area contributed by atoms with Gasteiger partial charge >= 0.3 is 6.18 Å². The van der Waals surface area contributed by atoms with Crippen LogP contribution in [0.5, 0.6) is 0 Å². The number of hydrogen-bond acceptors (Lipinski definition) is 4. The molecule has 34 heavy (non-hydrogen) atoms. The van der Waals surface area contributed by atoms with E-state index in [0.29, 0.717) is 16.8 Å². The van der Waals surface area contributed by atoms with Gasteiger partial charge in [0.05, 0.1) is 11.2 Å². The van der Waals surface area contributed by atoms with Crippen LogP contribution in [0.4, 0.5) is 30.2 Å². The average Bonchev–Trinajstić information content (AvgIpc) is 2.71. The van der Waals surface area contributed by atoms with Crippen molar-refractivity contribution in [3.05, 3.63) is 60.3 Å². The molecule has 0 spiro atoms. The first-order valence-corrected chi connectivity index (χ1v) is 11.0. The van der Waals surface area contributed by atoms with Crippen molar-refractivity contribution in [3.63, 3.8) is 0 Å². The van der Waals surface area contributed by atoms with Crippen LogP contribution in [-0.4, -0.2) is 22.3 Å². The Kier molecular flexibility index (Phi) is 6.20. The number of carbonyl (C=O) groups is 2. The molecule has 1 fully saturated rings. The molecule has 0 radical (unpaired) electrons. The average molecular weight is 470 g/mol. The van der Waals surface area contributed by atoms with E-state index in [1.54, 1.807) is 56.3 Å². The van der Waals surface area contributed by atoms with Gasteiger partial charge in [0.25, 0.3) is 0 Å². The van der Waals surface area contributed by atoms with E-state index in [4.69, 9.17) is 0 Å². The van der Waals surface area contributed by atoms with Gasteiger partial charge in [-0.15, -0.1) is 0 Å². The number of alkyl halides is 3. The smallest absolute Gasteiger partial charge is 0.355 e. The van der Waals surface area contributed by atoms with Gasteiger partial charge in [0.2, 0.25) is 11.8 Å². The van der Waals surface area contributed by atoms with Crippen molar-refractivity contribution in [1.29, 1.82) is 0 Å². The zero-order chi connectivity index (χ0) is 24.5. The van der Waals surface area contributed by atoms with E-state index in [1.165, 1.54) is 6.07 Å². The largest absolute Gasteiger partial charge is 0.433 e. The highest BCUT2D eigenvalue weighted by molar-refractivity contribution is 6.00. The summed E-state index contributed by atoms with van der Waals surface area (Å²) in [5, 5.41) is 9.11. The summed E-state index contributed by atoms with van der Waals surface area (Å²) in [6, 6.07) is 14.2. The molecule has 1 aliphatic carbocycles. The van der Waals surface area contributed by atoms with E-state index in [-0.39, 0.29) is 23.0 Å². The van der Waals surface area contributed by atoms with Gasteiger partial charge in [-0.05, 0) is 57.0 Å². The molecule has 0 atom stereocenters. The van der Waals surface area contributed by atoms with Gasteiger partial charge < -0.3 is 16.0 Å². The van der Waals surface area contributed by atoms with Crippen molar-refractivity contribution in [1.82, 2.24) is 10.3 Å². The number of para-hydroxylation sites is 1. The van der Waals surface area contributed by atoms with Crippen molar-refractivity contribution >= 4 is 39.8 Å². The van der Waals surface area contributed by atoms with Crippen LogP contribution in [0.25, 0.3) is 10.9 Å². The number of rotatable bonds is 6. The van der Waals surface area contributed by atoms with Crippen LogP contribution >= 0.6 is 0 Å². The highest BCUT2D eigenvalue weighted by atomic mass is 19.4. The second-order valence-corrected chi connectivity index (χ2v) is 8.97. The lowest BCUT2D eigenvalue weighted by Gasteiger charge is -2.31. The maximum Gasteiger partial charge on any atom is 0.433 e. The van der Waals surface area contributed by atoms with Crippen molar-refractivity contribution < 1.29 is 22.8 Å². The van der Waals surface area contributed by atoms with Crippen LogP contribution in [0.3, 0.4) is 0 Å². The molecule has 3 aromatic rings. The highest BCUT2D eigenvalue weighted by Crippen LogP contribution is 2.34. The van der Waals surface area contributed by atoms with E-state index >= 15 is 0 Å². The molecular weight excluding hydrogens is 445 g/mol. The Morgan fingerprint density at radius 1 is 0.971 bits per heavy atom. The number of hydrogen-bond donors (Lipinski definition) is 3. The quantitative estimate of drug-likeness (QED) is 0.436. The predicted molar refractivity (Wildman–Crippen MR) is 125 cm³/mol. The monoisotopic (exact) mass is 470 g/mol. The SMILES string of the molecule is CC(C)(NC(=O)C1CCC1)C(=O)Nc1cccc(Nc2cc(C(F)(F)F)nc3ccccc23)c1. The first-order chi connectivity index (χ1) is 16.0. The van der Waals surface area contributed by atoms with Crippen LogP contribution in [0.1, 0.15) is 38.8 Å². The lowest BCUT2D eigenvalue weighted by molar-refractivity contribution is -0.141. The van der Waals surface area contributed by atoms with Crippen molar-refractivity contribution in [2.24, 2.45) is 5.92 Å². The second-order valence-electron chi connectivity index (χ2n) is 8.97. The number of carbonyl (C=O) groups excluding carboxylic acids is 2. The van der Waals surface area contributed by atoms with Crippen LogP contribution in [0.2, 0.25) is 0 Å². The molecule has 1 saturated carbocycles. The number of benzene rings is 2. The van der Waals surface area contributed by atoms with Gasteiger partial charge in [0, 0.05) is 22.7 Å². The molecule has 1 aliphatic rings. The molecule has 6 nitrogen and oxygen atoms in total. The minimum Gasteiger partial charge on any atom is -0.355 e. The molecule has 4 rings (SSSR count). The van der Waals surface area contributed by atoms with Gasteiger partial charge in [0.1, 0.15) is 11.2 Å². The fourth-order valence-electron chi connectivity index (χ4n) is 3.68. The second kappa shape index (κ2) is 8.96. The van der Waals surface area contributed by atoms with E-state index < -0.39 is 23.3 Å². The number of nitrogens with one attached hydrogen (secondary N) is 3. The maximum atomic E-state index is 13.4. The number of fused-ring (bicyclic) bond motifs is 1. The van der Waals surface area contributed by atoms with Gasteiger partial charge in [-0.2, -0.15) is 13.2 Å². The minimum absolute atomic E-state index is 0.0450. The molecule has 0 saturated heterocycles. The van der Waals surface area contributed by atoms with Crippen molar-refractivity contribution in [2.45, 2.75) is 44.8 Å². The summed E-state index contributed by atoms with van der Waals surface area (Å²) in [6.45, 7) is 3.26. The third kappa shape index (κ3) is 5.13. The highest BCUT2D eigenvalue weighted by Gasteiger charge is 2.35. The normalized spacial score (nSPS) is 14.4. The summed E-state index contributed by atoms with van der Waals surface area (Å²) >= 11 is 0. The maximum absolute atomic E-state index is 13.4. The molecule has 0 aliphatic heterocycles. The summed E-state index contributed by atoms with van der Waals surface area (Å²) in [6.07, 6.45) is -1.92. The minimum atomic E-state index is -4.59. The number of pyridine rings is 1. The Morgan fingerprint density at radius 2 is 1.68 bits per heavy atom. The lowest BCUT2D eigenvalue weighted by atomic mass is 9.84. The number of anilines is 3. The molecule has 1 heterocycles. The van der Waals surface area contributed by atoms with E-state index in [2.05, 4.69) is 20.9 Å². The van der Waals surface area contributed by atoms with E-state index in [1.807, 2.05) is 0 Å². The molecule has 3 N–H and O–H groups in total. The van der Waals surface area contributed by atoms with Crippen LogP contribution in [0.15, 0.2) is 54.6 Å². The van der Waals surface area contributed by atoms with Crippen molar-refractivity contribution in [3.8, 4) is 0 Å². The molecule has 2 amide bonds. The summed E-state index contributed by atoms with van der Waals surface area (Å²) in [7, 11) is 0. The predicted octanol–water partition coefficient (Wildman–Crippen LogP) is 5.63. The summed E-state index contributed by atoms with van der Waals surface area (Å²) < 4.78 is 40.1. The fraction of sp³-hybridized carbons (Fsp3) is 0.320. The summed E-state index contributed by atoms with van der Waals surface area (Å²) in [4.78, 5) is 28.8.